The van der Waals surface area contributed by atoms with Crippen molar-refractivity contribution in [2.75, 3.05) is 0 Å². The van der Waals surface area contributed by atoms with Crippen molar-refractivity contribution in [3.8, 4) is 0 Å². The first-order valence-corrected chi connectivity index (χ1v) is 6.15. The average Bonchev–Trinajstić information content (AvgIpc) is 2.86. The molecule has 1 aromatic heterocycles. The van der Waals surface area contributed by atoms with Gasteiger partial charge in [-0.15, -0.1) is 0 Å². The van der Waals surface area contributed by atoms with Gasteiger partial charge < -0.3 is 9.15 Å². The van der Waals surface area contributed by atoms with Gasteiger partial charge in [0.25, 0.3) is 0 Å². The van der Waals surface area contributed by atoms with Gasteiger partial charge in [0.1, 0.15) is 5.76 Å². The summed E-state index contributed by atoms with van der Waals surface area (Å²) >= 11 is 0. The van der Waals surface area contributed by atoms with E-state index in [9.17, 15) is 0 Å². The molecule has 3 rings (SSSR count). The number of hydrogen-bond acceptors (Lipinski definition) is 2. The van der Waals surface area contributed by atoms with Crippen LogP contribution in [0.3, 0.4) is 0 Å². The highest BCUT2D eigenvalue weighted by Crippen LogP contribution is 2.33. The van der Waals surface area contributed by atoms with Crippen LogP contribution < -0.4 is 0 Å². The van der Waals surface area contributed by atoms with E-state index in [-0.39, 0.29) is 6.10 Å². The van der Waals surface area contributed by atoms with Gasteiger partial charge in [0.05, 0.1) is 19.0 Å². The summed E-state index contributed by atoms with van der Waals surface area (Å²) in [5.41, 5.74) is 2.47. The Labute approximate surface area is 101 Å². The summed E-state index contributed by atoms with van der Waals surface area (Å²) < 4.78 is 11.5. The van der Waals surface area contributed by atoms with Gasteiger partial charge in [0, 0.05) is 12.0 Å². The van der Waals surface area contributed by atoms with Crippen molar-refractivity contribution in [1.29, 1.82) is 0 Å². The number of aryl methyl sites for hydroxylation is 1. The third-order valence-electron chi connectivity index (χ3n) is 3.29. The Bertz CT molecular complexity index is 473. The predicted molar refractivity (Wildman–Crippen MR) is 65.6 cm³/mol. The molecule has 0 saturated heterocycles. The average molecular weight is 228 g/mol. The van der Waals surface area contributed by atoms with E-state index >= 15 is 0 Å². The monoisotopic (exact) mass is 228 g/mol. The summed E-state index contributed by atoms with van der Waals surface area (Å²) in [5, 5.41) is 0. The normalized spacial score (nSPS) is 18.9. The van der Waals surface area contributed by atoms with E-state index in [0.29, 0.717) is 6.61 Å². The Balaban J connectivity index is 1.68. The van der Waals surface area contributed by atoms with E-state index in [0.717, 1.165) is 25.0 Å². The first-order valence-electron chi connectivity index (χ1n) is 6.15. The summed E-state index contributed by atoms with van der Waals surface area (Å²) in [6.45, 7) is 0.677. The molecule has 0 N–H and O–H groups in total. The first-order chi connectivity index (χ1) is 8.43. The third kappa shape index (κ3) is 2.27. The minimum Gasteiger partial charge on any atom is -0.469 e. The summed E-state index contributed by atoms with van der Waals surface area (Å²) in [7, 11) is 0. The van der Waals surface area contributed by atoms with Crippen LogP contribution in [0.1, 0.15) is 35.8 Å². The predicted octanol–water partition coefficient (Wildman–Crippen LogP) is 3.87. The largest absolute Gasteiger partial charge is 0.469 e. The molecule has 88 valence electrons. The minimum absolute atomic E-state index is 0.206. The van der Waals surface area contributed by atoms with Crippen molar-refractivity contribution in [2.45, 2.75) is 32.0 Å². The van der Waals surface area contributed by atoms with Crippen LogP contribution in [0.2, 0.25) is 0 Å². The molecule has 0 spiro atoms. The summed E-state index contributed by atoms with van der Waals surface area (Å²) in [5.74, 6) is 1.11. The quantitative estimate of drug-likeness (QED) is 0.795. The molecule has 2 aromatic rings. The van der Waals surface area contributed by atoms with E-state index in [1.807, 2.05) is 24.3 Å². The number of furan rings is 1. The molecule has 1 heterocycles. The molecule has 0 bridgehead atoms. The molecule has 17 heavy (non-hydrogen) atoms. The lowest BCUT2D eigenvalue weighted by Gasteiger charge is -2.22. The number of ether oxygens (including phenoxy) is 1. The number of benzene rings is 1. The molecule has 2 nitrogen and oxygen atoms in total. The highest BCUT2D eigenvalue weighted by molar-refractivity contribution is 5.23. The molecule has 0 amide bonds. The molecule has 2 heteroatoms. The molecular formula is C15H16O2. The Kier molecular flexibility index (Phi) is 2.97. The molecular weight excluding hydrogens is 212 g/mol. The van der Waals surface area contributed by atoms with Gasteiger partial charge in [-0.1, -0.05) is 30.3 Å². The molecule has 0 fully saturated rings. The SMILES string of the molecule is c1ccc(COC2CCCc3occc32)cc1. The second-order valence-corrected chi connectivity index (χ2v) is 4.48. The van der Waals surface area contributed by atoms with Crippen LogP contribution in [0.4, 0.5) is 0 Å². The highest BCUT2D eigenvalue weighted by atomic mass is 16.5. The van der Waals surface area contributed by atoms with Crippen LogP contribution in [0, 0.1) is 0 Å². The van der Waals surface area contributed by atoms with Crippen molar-refractivity contribution in [3.63, 3.8) is 0 Å². The number of fused-ring (bicyclic) bond motifs is 1. The topological polar surface area (TPSA) is 22.4 Å². The molecule has 1 atom stereocenters. The molecule has 1 aromatic carbocycles. The van der Waals surface area contributed by atoms with E-state index in [2.05, 4.69) is 12.1 Å². The minimum atomic E-state index is 0.206. The Morgan fingerprint density at radius 2 is 2.06 bits per heavy atom. The third-order valence-corrected chi connectivity index (χ3v) is 3.29. The lowest BCUT2D eigenvalue weighted by molar-refractivity contribution is 0.0268. The lowest BCUT2D eigenvalue weighted by atomic mass is 9.96. The second kappa shape index (κ2) is 4.76. The van der Waals surface area contributed by atoms with Crippen molar-refractivity contribution in [1.82, 2.24) is 0 Å². The van der Waals surface area contributed by atoms with Crippen LogP contribution in [0.15, 0.2) is 47.1 Å². The fraction of sp³-hybridized carbons (Fsp3) is 0.333. The zero-order valence-corrected chi connectivity index (χ0v) is 9.76. The first kappa shape index (κ1) is 10.6. The fourth-order valence-corrected chi connectivity index (χ4v) is 2.39. The zero-order chi connectivity index (χ0) is 11.5. The molecule has 0 saturated carbocycles. The Hall–Kier alpha value is -1.54. The maximum Gasteiger partial charge on any atom is 0.109 e. The number of rotatable bonds is 3. The fourth-order valence-electron chi connectivity index (χ4n) is 2.39. The van der Waals surface area contributed by atoms with Crippen molar-refractivity contribution in [3.05, 3.63) is 59.5 Å². The van der Waals surface area contributed by atoms with Gasteiger partial charge in [-0.2, -0.15) is 0 Å². The van der Waals surface area contributed by atoms with Crippen LogP contribution in [-0.4, -0.2) is 0 Å². The zero-order valence-electron chi connectivity index (χ0n) is 9.76. The van der Waals surface area contributed by atoms with Crippen LogP contribution in [-0.2, 0) is 17.8 Å². The molecule has 0 radical (unpaired) electrons. The van der Waals surface area contributed by atoms with Crippen LogP contribution in [0.25, 0.3) is 0 Å². The van der Waals surface area contributed by atoms with E-state index in [1.165, 1.54) is 11.1 Å². The maximum absolute atomic E-state index is 5.99. The van der Waals surface area contributed by atoms with Crippen molar-refractivity contribution in [2.24, 2.45) is 0 Å². The smallest absolute Gasteiger partial charge is 0.109 e. The van der Waals surface area contributed by atoms with Gasteiger partial charge in [0.2, 0.25) is 0 Å². The summed E-state index contributed by atoms with van der Waals surface area (Å²) in [4.78, 5) is 0. The lowest BCUT2D eigenvalue weighted by Crippen LogP contribution is -2.11. The van der Waals surface area contributed by atoms with Crippen LogP contribution in [0.5, 0.6) is 0 Å². The van der Waals surface area contributed by atoms with Crippen LogP contribution >= 0.6 is 0 Å². The van der Waals surface area contributed by atoms with E-state index < -0.39 is 0 Å². The van der Waals surface area contributed by atoms with Gasteiger partial charge in [-0.05, 0) is 24.5 Å². The van der Waals surface area contributed by atoms with E-state index in [4.69, 9.17) is 9.15 Å². The van der Waals surface area contributed by atoms with E-state index in [1.54, 1.807) is 6.26 Å². The van der Waals surface area contributed by atoms with Gasteiger partial charge in [-0.3, -0.25) is 0 Å². The standard InChI is InChI=1S/C15H16O2/c1-2-5-12(6-3-1)11-17-15-8-4-7-14-13(15)9-10-16-14/h1-3,5-6,9-10,15H,4,7-8,11H2. The van der Waals surface area contributed by atoms with Gasteiger partial charge >= 0.3 is 0 Å². The summed E-state index contributed by atoms with van der Waals surface area (Å²) in [6.07, 6.45) is 5.28. The molecule has 1 aliphatic carbocycles. The maximum atomic E-state index is 5.99. The van der Waals surface area contributed by atoms with Crippen molar-refractivity contribution < 1.29 is 9.15 Å². The van der Waals surface area contributed by atoms with Crippen molar-refractivity contribution >= 4 is 0 Å². The Morgan fingerprint density at radius 3 is 2.94 bits per heavy atom. The summed E-state index contributed by atoms with van der Waals surface area (Å²) in [6, 6.07) is 12.4. The molecule has 0 aliphatic heterocycles. The second-order valence-electron chi connectivity index (χ2n) is 4.48. The Morgan fingerprint density at radius 1 is 1.18 bits per heavy atom. The molecule has 1 aliphatic rings. The van der Waals surface area contributed by atoms with Gasteiger partial charge in [0.15, 0.2) is 0 Å². The highest BCUT2D eigenvalue weighted by Gasteiger charge is 2.22. The number of hydrogen-bond donors (Lipinski definition) is 0. The van der Waals surface area contributed by atoms with Gasteiger partial charge in [-0.25, -0.2) is 0 Å². The molecule has 1 unspecified atom stereocenters.